The lowest BCUT2D eigenvalue weighted by molar-refractivity contribution is -0.177. The van der Waals surface area contributed by atoms with Gasteiger partial charge in [-0.3, -0.25) is 0 Å². The second kappa shape index (κ2) is 8.39. The van der Waals surface area contributed by atoms with Crippen LogP contribution >= 0.6 is 0 Å². The molecule has 0 spiro atoms. The number of cyclic esters (lactones) is 1. The summed E-state index contributed by atoms with van der Waals surface area (Å²) in [5.74, 6) is -0.0476. The first-order chi connectivity index (χ1) is 10.6. The summed E-state index contributed by atoms with van der Waals surface area (Å²) in [7, 11) is -5.25. The number of esters is 1. The van der Waals surface area contributed by atoms with Gasteiger partial charge in [0.15, 0.2) is 22.7 Å². The summed E-state index contributed by atoms with van der Waals surface area (Å²) < 4.78 is 18.4. The first kappa shape index (κ1) is 23.7. The smallest absolute Gasteiger partial charge is 0.336 e. The van der Waals surface area contributed by atoms with Gasteiger partial charge in [0.05, 0.1) is 19.9 Å². The molecule has 1 heterocycles. The van der Waals surface area contributed by atoms with Crippen LogP contribution in [-0.2, 0) is 23.2 Å². The molecule has 24 heavy (non-hydrogen) atoms. The van der Waals surface area contributed by atoms with Crippen LogP contribution in [0, 0.1) is 5.92 Å². The highest BCUT2D eigenvalue weighted by Gasteiger charge is 2.51. The van der Waals surface area contributed by atoms with E-state index in [2.05, 4.69) is 65.8 Å². The van der Waals surface area contributed by atoms with Gasteiger partial charge in [-0.1, -0.05) is 26.6 Å². The molecule has 0 bridgehead atoms. The Labute approximate surface area is 150 Å². The van der Waals surface area contributed by atoms with E-state index in [4.69, 9.17) is 18.4 Å². The Bertz CT molecular complexity index is 423. The number of carbonyl (C=O) groups excluding carboxylic acids is 2. The zero-order chi connectivity index (χ0) is 19.5. The van der Waals surface area contributed by atoms with Crippen molar-refractivity contribution in [2.45, 2.75) is 83.8 Å². The molecule has 0 unspecified atom stereocenters. The van der Waals surface area contributed by atoms with Crippen LogP contribution in [0.4, 0.5) is 0 Å². The maximum atomic E-state index is 12.6. The molecular formula is C16H36O5Si3. The Morgan fingerprint density at radius 1 is 0.875 bits per heavy atom. The van der Waals surface area contributed by atoms with Gasteiger partial charge < -0.3 is 18.4 Å². The standard InChI is InChI=1S/C15H34O4Si3.CH2O/c1-11-12(18-21(5,6)7)13(19-22(8,9)10)14(16)17-15(11)20(2,3)4;1-2/h11-13,15H,1-10H3;1H2/t11-,12-,13+,15+;/m0./s1. The molecule has 0 N–H and O–H groups in total. The van der Waals surface area contributed by atoms with Gasteiger partial charge in [0.25, 0.3) is 0 Å². The van der Waals surface area contributed by atoms with E-state index >= 15 is 0 Å². The summed E-state index contributed by atoms with van der Waals surface area (Å²) in [5, 5.41) is 0. The Balaban J connectivity index is 0.00000254. The minimum Gasteiger partial charge on any atom is -0.464 e. The highest BCUT2D eigenvalue weighted by atomic mass is 28.4. The molecule has 5 nitrogen and oxygen atoms in total. The highest BCUT2D eigenvalue weighted by molar-refractivity contribution is 6.77. The van der Waals surface area contributed by atoms with Crippen LogP contribution in [0.15, 0.2) is 0 Å². The van der Waals surface area contributed by atoms with E-state index in [1.54, 1.807) is 0 Å². The van der Waals surface area contributed by atoms with Gasteiger partial charge in [0.2, 0.25) is 0 Å². The monoisotopic (exact) mass is 392 g/mol. The van der Waals surface area contributed by atoms with Gasteiger partial charge in [-0.2, -0.15) is 0 Å². The van der Waals surface area contributed by atoms with E-state index < -0.39 is 30.8 Å². The SMILES string of the molecule is C=O.C[C@H]1[C@H](O[Si](C)(C)C)[C@@H](O[Si](C)(C)C)C(=O)O[C@@H]1[Si](C)(C)C. The fourth-order valence-electron chi connectivity index (χ4n) is 2.92. The van der Waals surface area contributed by atoms with Crippen LogP contribution < -0.4 is 0 Å². The van der Waals surface area contributed by atoms with E-state index in [9.17, 15) is 4.79 Å². The summed E-state index contributed by atoms with van der Waals surface area (Å²) >= 11 is 0. The number of hydrogen-bond acceptors (Lipinski definition) is 5. The highest BCUT2D eigenvalue weighted by Crippen LogP contribution is 2.34. The molecule has 1 aliphatic heterocycles. The molecule has 1 rings (SSSR count). The molecule has 4 atom stereocenters. The summed E-state index contributed by atoms with van der Waals surface area (Å²) in [6, 6.07) is 0. The summed E-state index contributed by atoms with van der Waals surface area (Å²) in [5.41, 5.74) is -0.0113. The van der Waals surface area contributed by atoms with Gasteiger partial charge in [-0.05, 0) is 39.3 Å². The molecule has 0 radical (unpaired) electrons. The Morgan fingerprint density at radius 3 is 1.62 bits per heavy atom. The predicted octanol–water partition coefficient (Wildman–Crippen LogP) is 3.68. The van der Waals surface area contributed by atoms with Crippen molar-refractivity contribution in [2.75, 3.05) is 0 Å². The molecule has 0 saturated carbocycles. The molecule has 0 aromatic heterocycles. The lowest BCUT2D eigenvalue weighted by Crippen LogP contribution is -2.63. The molecular weight excluding hydrogens is 356 g/mol. The van der Waals surface area contributed by atoms with E-state index in [1.807, 2.05) is 6.79 Å². The third-order valence-electron chi connectivity index (χ3n) is 3.59. The van der Waals surface area contributed by atoms with Crippen LogP contribution in [-0.4, -0.2) is 55.4 Å². The number of rotatable bonds is 5. The maximum Gasteiger partial charge on any atom is 0.336 e. The first-order valence-electron chi connectivity index (χ1n) is 8.47. The lowest BCUT2D eigenvalue weighted by atomic mass is 9.98. The van der Waals surface area contributed by atoms with Crippen molar-refractivity contribution in [3.63, 3.8) is 0 Å². The molecule has 0 amide bonds. The molecule has 0 aromatic rings. The van der Waals surface area contributed by atoms with Gasteiger partial charge in [-0.15, -0.1) is 0 Å². The largest absolute Gasteiger partial charge is 0.464 e. The van der Waals surface area contributed by atoms with Gasteiger partial charge in [0.1, 0.15) is 6.79 Å². The third-order valence-corrected chi connectivity index (χ3v) is 7.88. The summed E-state index contributed by atoms with van der Waals surface area (Å²) in [4.78, 5) is 20.6. The van der Waals surface area contributed by atoms with E-state index in [0.29, 0.717) is 0 Å². The van der Waals surface area contributed by atoms with Crippen LogP contribution in [0.25, 0.3) is 0 Å². The number of hydrogen-bond donors (Lipinski definition) is 0. The molecule has 0 aliphatic carbocycles. The normalized spacial score (nSPS) is 28.7. The second-order valence-corrected chi connectivity index (χ2v) is 23.7. The minimum absolute atomic E-state index is 0.0113. The average molecular weight is 393 g/mol. The second-order valence-electron chi connectivity index (χ2n) is 9.43. The maximum absolute atomic E-state index is 12.6. The predicted molar refractivity (Wildman–Crippen MR) is 106 cm³/mol. The molecule has 8 heteroatoms. The van der Waals surface area contributed by atoms with Crippen molar-refractivity contribution >= 4 is 37.5 Å². The van der Waals surface area contributed by atoms with Crippen molar-refractivity contribution in [2.24, 2.45) is 5.92 Å². The summed E-state index contributed by atoms with van der Waals surface area (Å²) in [6.07, 6.45) is -0.752. The van der Waals surface area contributed by atoms with E-state index in [1.165, 1.54) is 0 Å². The minimum atomic E-state index is -1.86. The first-order valence-corrected chi connectivity index (χ1v) is 18.9. The fraction of sp³-hybridized carbons (Fsp3) is 0.875. The van der Waals surface area contributed by atoms with Crippen molar-refractivity contribution in [1.29, 1.82) is 0 Å². The Morgan fingerprint density at radius 2 is 1.29 bits per heavy atom. The Hall–Kier alpha value is -0.289. The Kier molecular flexibility index (Phi) is 8.29. The van der Waals surface area contributed by atoms with Crippen molar-refractivity contribution in [3.05, 3.63) is 0 Å². The van der Waals surface area contributed by atoms with E-state index in [0.717, 1.165) is 0 Å². The van der Waals surface area contributed by atoms with Gasteiger partial charge >= 0.3 is 5.97 Å². The van der Waals surface area contributed by atoms with Crippen LogP contribution in [0.5, 0.6) is 0 Å². The van der Waals surface area contributed by atoms with Crippen molar-refractivity contribution in [1.82, 2.24) is 0 Å². The lowest BCUT2D eigenvalue weighted by Gasteiger charge is -2.47. The number of ether oxygens (including phenoxy) is 1. The molecule has 1 aliphatic rings. The quantitative estimate of drug-likeness (QED) is 0.527. The zero-order valence-electron chi connectivity index (χ0n) is 17.1. The molecule has 1 saturated heterocycles. The molecule has 1 fully saturated rings. The zero-order valence-corrected chi connectivity index (χ0v) is 20.1. The van der Waals surface area contributed by atoms with Crippen molar-refractivity contribution in [3.8, 4) is 0 Å². The van der Waals surface area contributed by atoms with Gasteiger partial charge in [0, 0.05) is 5.92 Å². The van der Waals surface area contributed by atoms with Crippen LogP contribution in [0.2, 0.25) is 58.9 Å². The third kappa shape index (κ3) is 7.30. The fourth-order valence-corrected chi connectivity index (χ4v) is 7.30. The average Bonchev–Trinajstić information content (AvgIpc) is 2.36. The molecule has 0 aromatic carbocycles. The van der Waals surface area contributed by atoms with Crippen molar-refractivity contribution < 1.29 is 23.2 Å². The van der Waals surface area contributed by atoms with E-state index in [-0.39, 0.29) is 23.7 Å². The number of carbonyl (C=O) groups is 2. The summed E-state index contributed by atoms with van der Waals surface area (Å²) in [6.45, 7) is 23.7. The van der Waals surface area contributed by atoms with Gasteiger partial charge in [-0.25, -0.2) is 4.79 Å². The van der Waals surface area contributed by atoms with Crippen LogP contribution in [0.1, 0.15) is 6.92 Å². The topological polar surface area (TPSA) is 61.8 Å². The van der Waals surface area contributed by atoms with Crippen LogP contribution in [0.3, 0.4) is 0 Å². The molecule has 142 valence electrons.